The molecular formula is C14H18ClN3S. The number of fused-ring (bicyclic) bond motifs is 1. The number of nitrogens with one attached hydrogen (secondary N) is 1. The molecule has 5 heteroatoms. The van der Waals surface area contributed by atoms with Gasteiger partial charge >= 0.3 is 0 Å². The van der Waals surface area contributed by atoms with Crippen molar-refractivity contribution in [2.24, 2.45) is 5.73 Å². The number of rotatable bonds is 6. The molecule has 0 aliphatic heterocycles. The molecule has 0 fully saturated rings. The van der Waals surface area contributed by atoms with Crippen LogP contribution in [0, 0.1) is 0 Å². The molecule has 1 aromatic carbocycles. The number of hydrogen-bond donors (Lipinski definition) is 2. The van der Waals surface area contributed by atoms with Gasteiger partial charge in [0.25, 0.3) is 0 Å². The van der Waals surface area contributed by atoms with Crippen molar-refractivity contribution in [3.8, 4) is 0 Å². The van der Waals surface area contributed by atoms with Crippen LogP contribution in [-0.4, -0.2) is 29.6 Å². The van der Waals surface area contributed by atoms with E-state index in [2.05, 4.69) is 16.6 Å². The van der Waals surface area contributed by atoms with Crippen molar-refractivity contribution in [3.05, 3.63) is 35.5 Å². The number of halogens is 1. The third-order valence-electron chi connectivity index (χ3n) is 3.03. The Morgan fingerprint density at radius 3 is 3.00 bits per heavy atom. The van der Waals surface area contributed by atoms with Gasteiger partial charge in [-0.3, -0.25) is 4.98 Å². The lowest BCUT2D eigenvalue weighted by Gasteiger charge is -2.19. The van der Waals surface area contributed by atoms with Gasteiger partial charge in [0.05, 0.1) is 16.2 Å². The second kappa shape index (κ2) is 6.98. The van der Waals surface area contributed by atoms with Crippen LogP contribution in [-0.2, 0) is 0 Å². The summed E-state index contributed by atoms with van der Waals surface area (Å²) in [4.78, 5) is 4.42. The van der Waals surface area contributed by atoms with Crippen LogP contribution < -0.4 is 11.1 Å². The molecule has 0 amide bonds. The molecule has 0 aliphatic carbocycles. The van der Waals surface area contributed by atoms with Crippen LogP contribution in [0.4, 0.5) is 5.69 Å². The standard InChI is InChI=1S/C14H18ClN3S/c1-19-8-6-10(9-16)18-13-5-4-12(15)11-3-2-7-17-14(11)13/h2-5,7,10,18H,6,8-9,16H2,1H3. The fourth-order valence-corrected chi connectivity index (χ4v) is 2.72. The van der Waals surface area contributed by atoms with Crippen LogP contribution in [0.5, 0.6) is 0 Å². The lowest BCUT2D eigenvalue weighted by atomic mass is 10.1. The first-order chi connectivity index (χ1) is 9.26. The molecule has 1 heterocycles. The lowest BCUT2D eigenvalue weighted by Crippen LogP contribution is -2.29. The molecule has 0 radical (unpaired) electrons. The number of pyridine rings is 1. The fraction of sp³-hybridized carbons (Fsp3) is 0.357. The van der Waals surface area contributed by atoms with Crippen LogP contribution in [0.25, 0.3) is 10.9 Å². The average Bonchev–Trinajstić information content (AvgIpc) is 2.46. The molecule has 3 nitrogen and oxygen atoms in total. The van der Waals surface area contributed by atoms with E-state index in [1.54, 1.807) is 6.20 Å². The molecule has 19 heavy (non-hydrogen) atoms. The molecule has 1 atom stereocenters. The summed E-state index contributed by atoms with van der Waals surface area (Å²) in [5.41, 5.74) is 7.71. The van der Waals surface area contributed by atoms with Gasteiger partial charge in [-0.1, -0.05) is 11.6 Å². The highest BCUT2D eigenvalue weighted by molar-refractivity contribution is 7.98. The largest absolute Gasteiger partial charge is 0.379 e. The minimum Gasteiger partial charge on any atom is -0.379 e. The van der Waals surface area contributed by atoms with Gasteiger partial charge in [-0.15, -0.1) is 0 Å². The Balaban J connectivity index is 2.27. The van der Waals surface area contributed by atoms with E-state index in [0.29, 0.717) is 6.54 Å². The van der Waals surface area contributed by atoms with E-state index in [-0.39, 0.29) is 6.04 Å². The minimum absolute atomic E-state index is 0.263. The van der Waals surface area contributed by atoms with E-state index in [1.807, 2.05) is 36.0 Å². The maximum absolute atomic E-state index is 6.19. The summed E-state index contributed by atoms with van der Waals surface area (Å²) in [5, 5.41) is 5.17. The molecule has 0 aliphatic rings. The average molecular weight is 296 g/mol. The number of benzene rings is 1. The van der Waals surface area contributed by atoms with Gasteiger partial charge in [-0.2, -0.15) is 11.8 Å². The molecule has 102 valence electrons. The Morgan fingerprint density at radius 1 is 1.42 bits per heavy atom. The van der Waals surface area contributed by atoms with Gasteiger partial charge < -0.3 is 11.1 Å². The molecular weight excluding hydrogens is 278 g/mol. The van der Waals surface area contributed by atoms with Crippen LogP contribution in [0.1, 0.15) is 6.42 Å². The number of hydrogen-bond acceptors (Lipinski definition) is 4. The molecule has 3 N–H and O–H groups in total. The van der Waals surface area contributed by atoms with Crippen LogP contribution in [0.2, 0.25) is 5.02 Å². The lowest BCUT2D eigenvalue weighted by molar-refractivity contribution is 0.710. The SMILES string of the molecule is CSCCC(CN)Nc1ccc(Cl)c2cccnc12. The van der Waals surface area contributed by atoms with Gasteiger partial charge in [0.1, 0.15) is 0 Å². The zero-order valence-corrected chi connectivity index (χ0v) is 12.5. The van der Waals surface area contributed by atoms with Crippen molar-refractivity contribution >= 4 is 40.0 Å². The van der Waals surface area contributed by atoms with Gasteiger partial charge in [0.2, 0.25) is 0 Å². The second-order valence-electron chi connectivity index (χ2n) is 4.35. The Labute approximate surface area is 122 Å². The molecule has 1 aromatic heterocycles. The molecule has 0 spiro atoms. The first-order valence-electron chi connectivity index (χ1n) is 6.25. The first-order valence-corrected chi connectivity index (χ1v) is 8.02. The minimum atomic E-state index is 0.263. The molecule has 2 aromatic rings. The smallest absolute Gasteiger partial charge is 0.0948 e. The van der Waals surface area contributed by atoms with Crippen molar-refractivity contribution in [1.82, 2.24) is 4.98 Å². The predicted octanol–water partition coefficient (Wildman–Crippen LogP) is 3.38. The Morgan fingerprint density at radius 2 is 2.26 bits per heavy atom. The van der Waals surface area contributed by atoms with Crippen LogP contribution in [0.3, 0.4) is 0 Å². The van der Waals surface area contributed by atoms with E-state index < -0.39 is 0 Å². The highest BCUT2D eigenvalue weighted by atomic mass is 35.5. The highest BCUT2D eigenvalue weighted by Crippen LogP contribution is 2.28. The highest BCUT2D eigenvalue weighted by Gasteiger charge is 2.10. The van der Waals surface area contributed by atoms with E-state index in [1.165, 1.54) is 0 Å². The number of nitrogens with zero attached hydrogens (tertiary/aromatic N) is 1. The summed E-state index contributed by atoms with van der Waals surface area (Å²) in [5.74, 6) is 1.09. The summed E-state index contributed by atoms with van der Waals surface area (Å²) in [6, 6.07) is 8.01. The van der Waals surface area contributed by atoms with E-state index in [0.717, 1.165) is 33.8 Å². The Hall–Kier alpha value is -0.970. The molecule has 1 unspecified atom stereocenters. The molecule has 0 bridgehead atoms. The summed E-state index contributed by atoms with van der Waals surface area (Å²) in [6.45, 7) is 0.609. The van der Waals surface area contributed by atoms with Gasteiger partial charge in [0, 0.05) is 24.2 Å². The van der Waals surface area contributed by atoms with Crippen molar-refractivity contribution in [3.63, 3.8) is 0 Å². The monoisotopic (exact) mass is 295 g/mol. The molecule has 0 saturated heterocycles. The number of aromatic nitrogens is 1. The normalized spacial score (nSPS) is 12.6. The Kier molecular flexibility index (Phi) is 5.31. The number of anilines is 1. The maximum atomic E-state index is 6.19. The fourth-order valence-electron chi connectivity index (χ4n) is 1.98. The molecule has 0 saturated carbocycles. The third-order valence-corrected chi connectivity index (χ3v) is 4.00. The van der Waals surface area contributed by atoms with Crippen molar-refractivity contribution < 1.29 is 0 Å². The van der Waals surface area contributed by atoms with Crippen molar-refractivity contribution in [1.29, 1.82) is 0 Å². The quantitative estimate of drug-likeness (QED) is 0.858. The summed E-state index contributed by atoms with van der Waals surface area (Å²) in [7, 11) is 0. The summed E-state index contributed by atoms with van der Waals surface area (Å²) >= 11 is 8.02. The van der Waals surface area contributed by atoms with Crippen LogP contribution in [0.15, 0.2) is 30.5 Å². The van der Waals surface area contributed by atoms with Gasteiger partial charge in [-0.25, -0.2) is 0 Å². The van der Waals surface area contributed by atoms with E-state index >= 15 is 0 Å². The van der Waals surface area contributed by atoms with Gasteiger partial charge in [-0.05, 0) is 42.7 Å². The first kappa shape index (κ1) is 14.4. The van der Waals surface area contributed by atoms with Crippen LogP contribution >= 0.6 is 23.4 Å². The third kappa shape index (κ3) is 3.53. The van der Waals surface area contributed by atoms with Crippen molar-refractivity contribution in [2.75, 3.05) is 23.9 Å². The topological polar surface area (TPSA) is 50.9 Å². The number of thioether (sulfide) groups is 1. The molecule has 2 rings (SSSR count). The summed E-state index contributed by atoms with van der Waals surface area (Å²) < 4.78 is 0. The van der Waals surface area contributed by atoms with Gasteiger partial charge in [0.15, 0.2) is 0 Å². The maximum Gasteiger partial charge on any atom is 0.0948 e. The predicted molar refractivity (Wildman–Crippen MR) is 86.2 cm³/mol. The van der Waals surface area contributed by atoms with E-state index in [9.17, 15) is 0 Å². The number of nitrogens with two attached hydrogens (primary N) is 1. The Bertz CT molecular complexity index is 547. The van der Waals surface area contributed by atoms with E-state index in [4.69, 9.17) is 17.3 Å². The zero-order valence-electron chi connectivity index (χ0n) is 10.9. The zero-order chi connectivity index (χ0) is 13.7. The summed E-state index contributed by atoms with van der Waals surface area (Å²) in [6.07, 6.45) is 4.92. The van der Waals surface area contributed by atoms with Crippen molar-refractivity contribution in [2.45, 2.75) is 12.5 Å². The second-order valence-corrected chi connectivity index (χ2v) is 5.75.